The number of ether oxygens (including phenoxy) is 1. The van der Waals surface area contributed by atoms with Crippen LogP contribution in [0.15, 0.2) is 58.7 Å². The van der Waals surface area contributed by atoms with Crippen LogP contribution < -0.4 is 9.64 Å². The van der Waals surface area contributed by atoms with E-state index in [0.29, 0.717) is 17.9 Å². The lowest BCUT2D eigenvalue weighted by molar-refractivity contribution is -0.139. The number of nitrogens with zero attached hydrogens (tertiary/aromatic N) is 3. The first-order valence-corrected chi connectivity index (χ1v) is 8.07. The van der Waals surface area contributed by atoms with E-state index >= 15 is 0 Å². The maximum Gasteiger partial charge on any atom is 0.341 e. The van der Waals surface area contributed by atoms with E-state index in [1.54, 1.807) is 29.2 Å². The number of carbonyl (C=O) groups is 2. The molecule has 0 aliphatic carbocycles. The van der Waals surface area contributed by atoms with Crippen molar-refractivity contribution < 1.29 is 19.4 Å². The van der Waals surface area contributed by atoms with Crippen LogP contribution >= 0.6 is 0 Å². The van der Waals surface area contributed by atoms with Gasteiger partial charge in [-0.15, -0.1) is 5.10 Å². The Bertz CT molecular complexity index is 905. The minimum Gasteiger partial charge on any atom is -0.481 e. The number of fused-ring (bicyclic) bond motifs is 1. The van der Waals surface area contributed by atoms with Crippen molar-refractivity contribution in [2.45, 2.75) is 6.92 Å². The second-order valence-corrected chi connectivity index (χ2v) is 5.48. The van der Waals surface area contributed by atoms with Gasteiger partial charge in [0.25, 0.3) is 5.91 Å². The smallest absolute Gasteiger partial charge is 0.341 e. The third-order valence-corrected chi connectivity index (χ3v) is 3.84. The van der Waals surface area contributed by atoms with E-state index in [1.807, 2.05) is 31.2 Å². The maximum absolute atomic E-state index is 12.5. The molecule has 0 saturated heterocycles. The third kappa shape index (κ3) is 3.46. The summed E-state index contributed by atoms with van der Waals surface area (Å²) < 4.78 is 5.22. The summed E-state index contributed by atoms with van der Waals surface area (Å²) in [5.74, 6) is -0.877. The molecule has 0 saturated carbocycles. The molecule has 1 aliphatic rings. The summed E-state index contributed by atoms with van der Waals surface area (Å²) in [5, 5.41) is 16.8. The Kier molecular flexibility index (Phi) is 5.07. The largest absolute Gasteiger partial charge is 0.481 e. The van der Waals surface area contributed by atoms with E-state index in [2.05, 4.69) is 10.2 Å². The molecule has 2 aromatic carbocycles. The van der Waals surface area contributed by atoms with E-state index in [0.717, 1.165) is 11.3 Å². The van der Waals surface area contributed by atoms with Crippen LogP contribution in [0.4, 0.5) is 5.69 Å². The Labute approximate surface area is 150 Å². The van der Waals surface area contributed by atoms with Crippen molar-refractivity contribution in [2.75, 3.05) is 18.1 Å². The summed E-state index contributed by atoms with van der Waals surface area (Å²) in [5.41, 5.74) is 2.41. The van der Waals surface area contributed by atoms with Crippen molar-refractivity contribution in [3.8, 4) is 5.75 Å². The van der Waals surface area contributed by atoms with Gasteiger partial charge in [0.15, 0.2) is 12.3 Å². The lowest BCUT2D eigenvalue weighted by Gasteiger charge is -2.12. The average molecular weight is 351 g/mol. The fourth-order valence-electron chi connectivity index (χ4n) is 2.68. The van der Waals surface area contributed by atoms with Crippen LogP contribution in [0.1, 0.15) is 18.1 Å². The van der Waals surface area contributed by atoms with Crippen LogP contribution in [-0.4, -0.2) is 42.1 Å². The number of likely N-dealkylation sites (N-methyl/N-ethyl adjacent to an activating group) is 1. The molecule has 7 heteroatoms. The average Bonchev–Trinajstić information content (AvgIpc) is 2.92. The van der Waals surface area contributed by atoms with Crippen LogP contribution in [0, 0.1) is 0 Å². The fraction of sp³-hybridized carbons (Fsp3) is 0.158. The molecule has 132 valence electrons. The van der Waals surface area contributed by atoms with Crippen molar-refractivity contribution >= 4 is 29.5 Å². The van der Waals surface area contributed by atoms with Gasteiger partial charge in [0.2, 0.25) is 0 Å². The normalized spacial score (nSPS) is 14.9. The molecule has 26 heavy (non-hydrogen) atoms. The minimum atomic E-state index is -1.06. The molecule has 0 unspecified atom stereocenters. The van der Waals surface area contributed by atoms with Crippen molar-refractivity contribution in [2.24, 2.45) is 10.2 Å². The number of rotatable bonds is 6. The first-order chi connectivity index (χ1) is 12.6. The highest BCUT2D eigenvalue weighted by atomic mass is 16.5. The highest BCUT2D eigenvalue weighted by molar-refractivity contribution is 6.54. The molecule has 0 spiro atoms. The topological polar surface area (TPSA) is 91.6 Å². The molecule has 1 heterocycles. The van der Waals surface area contributed by atoms with Gasteiger partial charge in [-0.05, 0) is 25.1 Å². The molecule has 0 atom stereocenters. The standard InChI is InChI=1S/C19H17N3O4/c1-2-22-15-9-5-4-8-14(15)18(19(22)25)21-20-11-13-7-3-6-10-16(13)26-12-17(23)24/h3-11H,2,12H2,1H3,(H,23,24)/b20-11-,21-18+. The highest BCUT2D eigenvalue weighted by Crippen LogP contribution is 2.28. The van der Waals surface area contributed by atoms with E-state index in [-0.39, 0.29) is 11.6 Å². The van der Waals surface area contributed by atoms with E-state index < -0.39 is 12.6 Å². The maximum atomic E-state index is 12.5. The summed E-state index contributed by atoms with van der Waals surface area (Å²) in [4.78, 5) is 24.8. The van der Waals surface area contributed by atoms with Crippen molar-refractivity contribution in [1.29, 1.82) is 0 Å². The third-order valence-electron chi connectivity index (χ3n) is 3.84. The summed E-state index contributed by atoms with van der Waals surface area (Å²) in [6.45, 7) is 2.00. The summed E-state index contributed by atoms with van der Waals surface area (Å²) in [6, 6.07) is 14.3. The lowest BCUT2D eigenvalue weighted by Crippen LogP contribution is -2.29. The summed E-state index contributed by atoms with van der Waals surface area (Å²) >= 11 is 0. The summed E-state index contributed by atoms with van der Waals surface area (Å²) in [6.07, 6.45) is 1.44. The van der Waals surface area contributed by atoms with Gasteiger partial charge in [-0.3, -0.25) is 4.79 Å². The van der Waals surface area contributed by atoms with Crippen molar-refractivity contribution in [3.05, 3.63) is 59.7 Å². The van der Waals surface area contributed by atoms with Gasteiger partial charge in [0.1, 0.15) is 5.75 Å². The van der Waals surface area contributed by atoms with E-state index in [4.69, 9.17) is 9.84 Å². The Morgan fingerprint density at radius 2 is 1.92 bits per heavy atom. The molecule has 1 amide bonds. The Morgan fingerprint density at radius 1 is 1.19 bits per heavy atom. The van der Waals surface area contributed by atoms with Gasteiger partial charge in [-0.25, -0.2) is 4.79 Å². The molecule has 1 aliphatic heterocycles. The SMILES string of the molecule is CCN1C(=O)/C(=N/N=C\c2ccccc2OCC(=O)O)c2ccccc21. The van der Waals surface area contributed by atoms with Crippen LogP contribution in [0.3, 0.4) is 0 Å². The molecule has 0 bridgehead atoms. The van der Waals surface area contributed by atoms with Gasteiger partial charge in [-0.1, -0.05) is 30.3 Å². The second-order valence-electron chi connectivity index (χ2n) is 5.48. The second kappa shape index (κ2) is 7.60. The first-order valence-electron chi connectivity index (χ1n) is 8.07. The van der Waals surface area contributed by atoms with Crippen molar-refractivity contribution in [1.82, 2.24) is 0 Å². The lowest BCUT2D eigenvalue weighted by atomic mass is 10.1. The van der Waals surface area contributed by atoms with Gasteiger partial charge < -0.3 is 14.7 Å². The zero-order chi connectivity index (χ0) is 18.5. The minimum absolute atomic E-state index is 0.193. The predicted molar refractivity (Wildman–Crippen MR) is 98.2 cm³/mol. The van der Waals surface area contributed by atoms with Crippen LogP contribution in [0.2, 0.25) is 0 Å². The molecule has 2 aromatic rings. The van der Waals surface area contributed by atoms with Gasteiger partial charge in [-0.2, -0.15) is 5.10 Å². The number of anilines is 1. The molecule has 0 fully saturated rings. The van der Waals surface area contributed by atoms with Gasteiger partial charge in [0, 0.05) is 17.7 Å². The number of hydrogen-bond acceptors (Lipinski definition) is 5. The number of carboxylic acids is 1. The molecule has 0 aromatic heterocycles. The van der Waals surface area contributed by atoms with Crippen LogP contribution in [0.5, 0.6) is 5.75 Å². The summed E-state index contributed by atoms with van der Waals surface area (Å²) in [7, 11) is 0. The van der Waals surface area contributed by atoms with Gasteiger partial charge in [0.05, 0.1) is 11.9 Å². The zero-order valence-corrected chi connectivity index (χ0v) is 14.1. The van der Waals surface area contributed by atoms with Gasteiger partial charge >= 0.3 is 5.97 Å². The molecule has 0 radical (unpaired) electrons. The predicted octanol–water partition coefficient (Wildman–Crippen LogP) is 2.34. The number of aliphatic carboxylic acids is 1. The Balaban J connectivity index is 1.87. The number of para-hydroxylation sites is 2. The monoisotopic (exact) mass is 351 g/mol. The Hall–Kier alpha value is -3.48. The number of amides is 1. The molecular formula is C19H17N3O4. The van der Waals surface area contributed by atoms with Crippen LogP contribution in [0.25, 0.3) is 0 Å². The first kappa shape index (κ1) is 17.3. The van der Waals surface area contributed by atoms with E-state index in [9.17, 15) is 9.59 Å². The number of hydrogen-bond donors (Lipinski definition) is 1. The van der Waals surface area contributed by atoms with Crippen LogP contribution in [-0.2, 0) is 9.59 Å². The quantitative estimate of drug-likeness (QED) is 0.639. The van der Waals surface area contributed by atoms with E-state index in [1.165, 1.54) is 6.21 Å². The molecular weight excluding hydrogens is 334 g/mol. The molecule has 1 N–H and O–H groups in total. The number of carboxylic acid groups (broad SMARTS) is 1. The number of carbonyl (C=O) groups excluding carboxylic acids is 1. The number of benzene rings is 2. The zero-order valence-electron chi connectivity index (χ0n) is 14.1. The Morgan fingerprint density at radius 3 is 2.69 bits per heavy atom. The highest BCUT2D eigenvalue weighted by Gasteiger charge is 2.32. The fourth-order valence-corrected chi connectivity index (χ4v) is 2.68. The van der Waals surface area contributed by atoms with Crippen molar-refractivity contribution in [3.63, 3.8) is 0 Å². The molecule has 3 rings (SSSR count). The molecule has 7 nitrogen and oxygen atoms in total.